The van der Waals surface area contributed by atoms with E-state index in [1.807, 2.05) is 36.6 Å². The third kappa shape index (κ3) is 5.79. The van der Waals surface area contributed by atoms with Crippen molar-refractivity contribution in [3.63, 3.8) is 0 Å². The van der Waals surface area contributed by atoms with E-state index >= 15 is 0 Å². The van der Waals surface area contributed by atoms with Crippen molar-refractivity contribution in [1.29, 1.82) is 0 Å². The zero-order valence-electron chi connectivity index (χ0n) is 16.1. The molecule has 8 heteroatoms. The third-order valence-corrected chi connectivity index (χ3v) is 4.85. The summed E-state index contributed by atoms with van der Waals surface area (Å²) in [5.41, 5.74) is 2.90. The fraction of sp³-hybridized carbons (Fsp3) is 0.190. The Morgan fingerprint density at radius 2 is 1.66 bits per heavy atom. The molecule has 0 radical (unpaired) electrons. The zero-order chi connectivity index (χ0) is 20.6. The van der Waals surface area contributed by atoms with E-state index < -0.39 is 6.09 Å². The van der Waals surface area contributed by atoms with Crippen LogP contribution in [0.4, 0.5) is 16.2 Å². The molecule has 2 aromatic carbocycles. The van der Waals surface area contributed by atoms with Gasteiger partial charge in [0.05, 0.1) is 25.8 Å². The average Bonchev–Trinajstić information content (AvgIpc) is 3.18. The largest absolute Gasteiger partial charge is 0.494 e. The molecule has 0 aliphatic carbocycles. The highest BCUT2D eigenvalue weighted by atomic mass is 32.1. The van der Waals surface area contributed by atoms with Gasteiger partial charge in [-0.05, 0) is 55.5 Å². The normalized spacial score (nSPS) is 10.3. The Morgan fingerprint density at radius 1 is 1.00 bits per heavy atom. The fourth-order valence-corrected chi connectivity index (χ4v) is 3.38. The molecule has 0 unspecified atom stereocenters. The highest BCUT2D eigenvalue weighted by Crippen LogP contribution is 2.26. The van der Waals surface area contributed by atoms with E-state index in [2.05, 4.69) is 20.4 Å². The summed E-state index contributed by atoms with van der Waals surface area (Å²) < 4.78 is 9.98. The predicted octanol–water partition coefficient (Wildman–Crippen LogP) is 4.57. The van der Waals surface area contributed by atoms with Gasteiger partial charge in [-0.3, -0.25) is 10.1 Å². The number of carbonyl (C=O) groups excluding carboxylic acids is 2. The van der Waals surface area contributed by atoms with Crippen molar-refractivity contribution in [3.8, 4) is 16.3 Å². The minimum absolute atomic E-state index is 0.165. The second-order valence-corrected chi connectivity index (χ2v) is 6.88. The van der Waals surface area contributed by atoms with Crippen molar-refractivity contribution >= 4 is 34.7 Å². The molecule has 0 saturated carbocycles. The zero-order valence-corrected chi connectivity index (χ0v) is 16.9. The molecule has 2 N–H and O–H groups in total. The summed E-state index contributed by atoms with van der Waals surface area (Å²) in [6.45, 7) is 2.57. The molecule has 0 spiro atoms. The molecular formula is C21H21N3O4S. The van der Waals surface area contributed by atoms with Crippen molar-refractivity contribution in [3.05, 3.63) is 59.6 Å². The molecule has 0 atom stereocenters. The first kappa shape index (κ1) is 20.3. The number of benzene rings is 2. The topological polar surface area (TPSA) is 89.5 Å². The van der Waals surface area contributed by atoms with E-state index in [0.717, 1.165) is 16.3 Å². The molecule has 2 amide bonds. The van der Waals surface area contributed by atoms with Crippen molar-refractivity contribution in [2.75, 3.05) is 24.4 Å². The number of ether oxygens (including phenoxy) is 2. The SMILES string of the molecule is CCOc1ccc(-c2nc(CC(=O)Nc3ccc(NC(=O)OC)cc3)cs2)cc1. The summed E-state index contributed by atoms with van der Waals surface area (Å²) in [4.78, 5) is 28.0. The van der Waals surface area contributed by atoms with Crippen LogP contribution in [0.25, 0.3) is 10.6 Å². The van der Waals surface area contributed by atoms with E-state index in [4.69, 9.17) is 4.74 Å². The van der Waals surface area contributed by atoms with Crippen LogP contribution in [0.5, 0.6) is 5.75 Å². The van der Waals surface area contributed by atoms with Gasteiger partial charge >= 0.3 is 6.09 Å². The number of nitrogens with zero attached hydrogens (tertiary/aromatic N) is 1. The summed E-state index contributed by atoms with van der Waals surface area (Å²) in [7, 11) is 1.30. The number of anilines is 2. The standard InChI is InChI=1S/C21H21N3O4S/c1-3-28-18-10-4-14(5-11-18)20-23-17(13-29-20)12-19(25)22-15-6-8-16(9-7-15)24-21(26)27-2/h4-11,13H,3,12H2,1-2H3,(H,22,25)(H,24,26). The Bertz CT molecular complexity index is 968. The summed E-state index contributed by atoms with van der Waals surface area (Å²) >= 11 is 1.50. The number of nitrogens with one attached hydrogen (secondary N) is 2. The maximum absolute atomic E-state index is 12.3. The van der Waals surface area contributed by atoms with E-state index in [1.54, 1.807) is 24.3 Å². The third-order valence-electron chi connectivity index (χ3n) is 3.91. The minimum Gasteiger partial charge on any atom is -0.494 e. The molecule has 3 aromatic rings. The van der Waals surface area contributed by atoms with Gasteiger partial charge in [0.1, 0.15) is 10.8 Å². The highest BCUT2D eigenvalue weighted by molar-refractivity contribution is 7.13. The summed E-state index contributed by atoms with van der Waals surface area (Å²) in [5, 5.41) is 8.11. The summed E-state index contributed by atoms with van der Waals surface area (Å²) in [6, 6.07) is 14.5. The van der Waals surface area contributed by atoms with Gasteiger partial charge in [-0.2, -0.15) is 0 Å². The molecule has 3 rings (SSSR count). The summed E-state index contributed by atoms with van der Waals surface area (Å²) in [5.74, 6) is 0.655. The van der Waals surface area contributed by atoms with Crippen LogP contribution in [0.2, 0.25) is 0 Å². The number of thiazole rings is 1. The average molecular weight is 411 g/mol. The number of carbonyl (C=O) groups is 2. The van der Waals surface area contributed by atoms with Gasteiger partial charge in [0, 0.05) is 22.3 Å². The number of hydrogen-bond acceptors (Lipinski definition) is 6. The number of hydrogen-bond donors (Lipinski definition) is 2. The number of rotatable bonds is 7. The van der Waals surface area contributed by atoms with Crippen molar-refractivity contribution in [2.24, 2.45) is 0 Å². The van der Waals surface area contributed by atoms with Crippen LogP contribution >= 0.6 is 11.3 Å². The monoisotopic (exact) mass is 411 g/mol. The number of amides is 2. The van der Waals surface area contributed by atoms with Gasteiger partial charge in [-0.1, -0.05) is 0 Å². The van der Waals surface area contributed by atoms with Crippen molar-refractivity contribution in [1.82, 2.24) is 4.98 Å². The molecule has 0 aliphatic heterocycles. The van der Waals surface area contributed by atoms with Gasteiger partial charge in [-0.25, -0.2) is 9.78 Å². The predicted molar refractivity (Wildman–Crippen MR) is 114 cm³/mol. The number of aromatic nitrogens is 1. The maximum Gasteiger partial charge on any atom is 0.411 e. The van der Waals surface area contributed by atoms with Crippen molar-refractivity contribution < 1.29 is 19.1 Å². The van der Waals surface area contributed by atoms with E-state index in [-0.39, 0.29) is 12.3 Å². The molecule has 150 valence electrons. The fourth-order valence-electron chi connectivity index (χ4n) is 2.56. The Balaban J connectivity index is 1.56. The lowest BCUT2D eigenvalue weighted by molar-refractivity contribution is -0.115. The lowest BCUT2D eigenvalue weighted by Gasteiger charge is -2.07. The Hall–Kier alpha value is -3.39. The molecule has 7 nitrogen and oxygen atoms in total. The van der Waals surface area contributed by atoms with Gasteiger partial charge in [0.25, 0.3) is 0 Å². The van der Waals surface area contributed by atoms with Crippen LogP contribution < -0.4 is 15.4 Å². The first-order chi connectivity index (χ1) is 14.1. The second kappa shape index (κ2) is 9.70. The molecule has 29 heavy (non-hydrogen) atoms. The quantitative estimate of drug-likeness (QED) is 0.594. The van der Waals surface area contributed by atoms with Crippen molar-refractivity contribution in [2.45, 2.75) is 13.3 Å². The molecule has 0 aliphatic rings. The van der Waals surface area contributed by atoms with Crippen LogP contribution in [0.15, 0.2) is 53.9 Å². The van der Waals surface area contributed by atoms with Crippen LogP contribution in [-0.2, 0) is 16.0 Å². The first-order valence-corrected chi connectivity index (χ1v) is 9.88. The van der Waals surface area contributed by atoms with Gasteiger partial charge in [0.15, 0.2) is 0 Å². The van der Waals surface area contributed by atoms with Gasteiger partial charge in [-0.15, -0.1) is 11.3 Å². The first-order valence-electron chi connectivity index (χ1n) is 9.00. The van der Waals surface area contributed by atoms with Gasteiger partial charge < -0.3 is 14.8 Å². The molecule has 0 saturated heterocycles. The van der Waals surface area contributed by atoms with Crippen LogP contribution in [0.3, 0.4) is 0 Å². The Kier molecular flexibility index (Phi) is 6.80. The maximum atomic E-state index is 12.3. The lowest BCUT2D eigenvalue weighted by atomic mass is 10.2. The smallest absolute Gasteiger partial charge is 0.411 e. The van der Waals surface area contributed by atoms with Gasteiger partial charge in [0.2, 0.25) is 5.91 Å². The highest BCUT2D eigenvalue weighted by Gasteiger charge is 2.10. The molecule has 0 bridgehead atoms. The van der Waals surface area contributed by atoms with Crippen LogP contribution in [-0.4, -0.2) is 30.7 Å². The van der Waals surface area contributed by atoms with E-state index in [0.29, 0.717) is 23.7 Å². The Morgan fingerprint density at radius 3 is 2.28 bits per heavy atom. The number of methoxy groups -OCH3 is 1. The summed E-state index contributed by atoms with van der Waals surface area (Å²) in [6.07, 6.45) is -0.371. The van der Waals surface area contributed by atoms with Crippen LogP contribution in [0, 0.1) is 0 Å². The molecule has 1 heterocycles. The van der Waals surface area contributed by atoms with E-state index in [1.165, 1.54) is 18.4 Å². The molecule has 0 fully saturated rings. The molecular weight excluding hydrogens is 390 g/mol. The minimum atomic E-state index is -0.548. The Labute approximate surface area is 172 Å². The molecule has 1 aromatic heterocycles. The van der Waals surface area contributed by atoms with E-state index in [9.17, 15) is 9.59 Å². The second-order valence-electron chi connectivity index (χ2n) is 6.02. The van der Waals surface area contributed by atoms with Crippen LogP contribution in [0.1, 0.15) is 12.6 Å². The lowest BCUT2D eigenvalue weighted by Crippen LogP contribution is -2.15.